The molecule has 0 aliphatic carbocycles. The highest BCUT2D eigenvalue weighted by atomic mass is 32.2. The molecule has 140 valence electrons. The van der Waals surface area contributed by atoms with Crippen molar-refractivity contribution < 1.29 is 23.1 Å². The minimum Gasteiger partial charge on any atom is -0.478 e. The molecule has 0 unspecified atom stereocenters. The highest BCUT2D eigenvalue weighted by Crippen LogP contribution is 2.19. The second-order valence-electron chi connectivity index (χ2n) is 5.37. The minimum absolute atomic E-state index is 0.0695. The van der Waals surface area contributed by atoms with Crippen molar-refractivity contribution >= 4 is 33.4 Å². The smallest absolute Gasteiger partial charge is 0.335 e. The van der Waals surface area contributed by atoms with Gasteiger partial charge in [-0.3, -0.25) is 0 Å². The quantitative estimate of drug-likeness (QED) is 0.503. The standard InChI is InChI=1S/C16H19N3O5S2/c1-11-2-7-14(25-11)26(23,24)19-9-8-17-16(22)18-10-12-3-5-13(6-4-12)15(20)21/h2-7,19H,8-10H2,1H3,(H,20,21)(H2,17,18,22). The van der Waals surface area contributed by atoms with Crippen molar-refractivity contribution in [2.24, 2.45) is 0 Å². The van der Waals surface area contributed by atoms with E-state index in [0.29, 0.717) is 0 Å². The van der Waals surface area contributed by atoms with Crippen LogP contribution in [0.4, 0.5) is 4.79 Å². The highest BCUT2D eigenvalue weighted by Gasteiger charge is 2.15. The monoisotopic (exact) mass is 397 g/mol. The Morgan fingerprint density at radius 1 is 1.04 bits per heavy atom. The van der Waals surface area contributed by atoms with Crippen LogP contribution in [0.3, 0.4) is 0 Å². The van der Waals surface area contributed by atoms with Crippen molar-refractivity contribution in [2.45, 2.75) is 17.7 Å². The first-order valence-electron chi connectivity index (χ1n) is 7.68. The summed E-state index contributed by atoms with van der Waals surface area (Å²) in [6.07, 6.45) is 0. The summed E-state index contributed by atoms with van der Waals surface area (Å²) in [5, 5.41) is 14.0. The summed E-state index contributed by atoms with van der Waals surface area (Å²) >= 11 is 1.18. The van der Waals surface area contributed by atoms with Crippen molar-refractivity contribution in [1.29, 1.82) is 0 Å². The Balaban J connectivity index is 1.69. The number of rotatable bonds is 8. The van der Waals surface area contributed by atoms with Crippen LogP contribution in [0.15, 0.2) is 40.6 Å². The van der Waals surface area contributed by atoms with E-state index in [4.69, 9.17) is 5.11 Å². The number of urea groups is 1. The first-order valence-corrected chi connectivity index (χ1v) is 9.98. The van der Waals surface area contributed by atoms with Gasteiger partial charge >= 0.3 is 12.0 Å². The molecule has 0 aliphatic heterocycles. The SMILES string of the molecule is Cc1ccc(S(=O)(=O)NCCNC(=O)NCc2ccc(C(=O)O)cc2)s1. The van der Waals surface area contributed by atoms with Gasteiger partial charge in [-0.15, -0.1) is 11.3 Å². The van der Waals surface area contributed by atoms with Crippen LogP contribution in [0.2, 0.25) is 0 Å². The molecule has 0 saturated carbocycles. The van der Waals surface area contributed by atoms with Crippen LogP contribution in [0, 0.1) is 6.92 Å². The van der Waals surface area contributed by atoms with Gasteiger partial charge in [-0.05, 0) is 36.8 Å². The maximum Gasteiger partial charge on any atom is 0.335 e. The van der Waals surface area contributed by atoms with E-state index in [1.807, 2.05) is 6.92 Å². The lowest BCUT2D eigenvalue weighted by Gasteiger charge is -2.09. The number of amides is 2. The van der Waals surface area contributed by atoms with Crippen molar-refractivity contribution in [2.75, 3.05) is 13.1 Å². The fourth-order valence-corrected chi connectivity index (χ4v) is 4.36. The number of thiophene rings is 1. The van der Waals surface area contributed by atoms with E-state index in [2.05, 4.69) is 15.4 Å². The summed E-state index contributed by atoms with van der Waals surface area (Å²) < 4.78 is 26.7. The van der Waals surface area contributed by atoms with E-state index < -0.39 is 22.0 Å². The van der Waals surface area contributed by atoms with Crippen molar-refractivity contribution in [3.05, 3.63) is 52.4 Å². The molecule has 2 rings (SSSR count). The molecule has 2 amide bonds. The van der Waals surface area contributed by atoms with E-state index >= 15 is 0 Å². The Kier molecular flexibility index (Phi) is 6.72. The number of aromatic carboxylic acids is 1. The van der Waals surface area contributed by atoms with Gasteiger partial charge in [0, 0.05) is 24.5 Å². The molecule has 1 aromatic heterocycles. The number of carbonyl (C=O) groups is 2. The molecular formula is C16H19N3O5S2. The van der Waals surface area contributed by atoms with Gasteiger partial charge in [0.25, 0.3) is 0 Å². The molecule has 4 N–H and O–H groups in total. The highest BCUT2D eigenvalue weighted by molar-refractivity contribution is 7.91. The number of nitrogens with one attached hydrogen (secondary N) is 3. The van der Waals surface area contributed by atoms with Gasteiger partial charge in [0.2, 0.25) is 10.0 Å². The average molecular weight is 397 g/mol. The van der Waals surface area contributed by atoms with E-state index in [1.54, 1.807) is 18.2 Å². The second kappa shape index (κ2) is 8.79. The number of carboxylic acid groups (broad SMARTS) is 1. The Morgan fingerprint density at radius 2 is 1.73 bits per heavy atom. The molecule has 0 atom stereocenters. The number of carbonyl (C=O) groups excluding carboxylic acids is 1. The molecule has 1 heterocycles. The second-order valence-corrected chi connectivity index (χ2v) is 8.66. The molecule has 8 nitrogen and oxygen atoms in total. The summed E-state index contributed by atoms with van der Waals surface area (Å²) in [6, 6.07) is 8.96. The summed E-state index contributed by atoms with van der Waals surface area (Å²) in [5.74, 6) is -1.01. The molecule has 10 heteroatoms. The van der Waals surface area contributed by atoms with Gasteiger partial charge in [-0.2, -0.15) is 0 Å². The molecule has 0 radical (unpaired) electrons. The maximum atomic E-state index is 12.0. The minimum atomic E-state index is -3.55. The van der Waals surface area contributed by atoms with Gasteiger partial charge in [-0.25, -0.2) is 22.7 Å². The third-order valence-corrected chi connectivity index (χ3v) is 6.29. The zero-order valence-corrected chi connectivity index (χ0v) is 15.6. The van der Waals surface area contributed by atoms with Crippen LogP contribution in [0.1, 0.15) is 20.8 Å². The molecule has 0 aliphatic rings. The van der Waals surface area contributed by atoms with Gasteiger partial charge in [-0.1, -0.05) is 12.1 Å². The van der Waals surface area contributed by atoms with E-state index in [0.717, 1.165) is 10.4 Å². The molecule has 1 aromatic carbocycles. The Bertz CT molecular complexity index is 876. The zero-order valence-electron chi connectivity index (χ0n) is 14.0. The summed E-state index contributed by atoms with van der Waals surface area (Å²) in [5.41, 5.74) is 0.922. The normalized spacial score (nSPS) is 11.1. The van der Waals surface area contributed by atoms with Gasteiger partial charge in [0.1, 0.15) is 4.21 Å². The Labute approximate surface area is 155 Å². The van der Waals surface area contributed by atoms with Crippen LogP contribution in [-0.2, 0) is 16.6 Å². The van der Waals surface area contributed by atoms with Crippen LogP contribution in [-0.4, -0.2) is 38.6 Å². The number of sulfonamides is 1. The fraction of sp³-hybridized carbons (Fsp3) is 0.250. The van der Waals surface area contributed by atoms with Crippen molar-refractivity contribution in [3.8, 4) is 0 Å². The van der Waals surface area contributed by atoms with Crippen LogP contribution in [0.25, 0.3) is 0 Å². The number of hydrogen-bond acceptors (Lipinski definition) is 5. The molecule has 26 heavy (non-hydrogen) atoms. The Morgan fingerprint density at radius 3 is 2.31 bits per heavy atom. The first-order chi connectivity index (χ1) is 12.3. The third kappa shape index (κ3) is 5.83. The fourth-order valence-electron chi connectivity index (χ4n) is 2.00. The zero-order chi connectivity index (χ0) is 19.2. The molecule has 0 spiro atoms. The molecule has 0 bridgehead atoms. The average Bonchev–Trinajstić information content (AvgIpc) is 3.04. The number of carboxylic acids is 1. The lowest BCUT2D eigenvalue weighted by molar-refractivity contribution is 0.0697. The number of benzene rings is 1. The number of hydrogen-bond donors (Lipinski definition) is 4. The van der Waals surface area contributed by atoms with Crippen LogP contribution >= 0.6 is 11.3 Å². The summed E-state index contributed by atoms with van der Waals surface area (Å²) in [4.78, 5) is 23.4. The molecule has 0 saturated heterocycles. The topological polar surface area (TPSA) is 125 Å². The van der Waals surface area contributed by atoms with Gasteiger partial charge < -0.3 is 15.7 Å². The van der Waals surface area contributed by atoms with Crippen LogP contribution in [0.5, 0.6) is 0 Å². The van der Waals surface area contributed by atoms with E-state index in [1.165, 1.54) is 29.5 Å². The van der Waals surface area contributed by atoms with E-state index in [-0.39, 0.29) is 29.4 Å². The van der Waals surface area contributed by atoms with Gasteiger partial charge in [0.15, 0.2) is 0 Å². The summed E-state index contributed by atoms with van der Waals surface area (Å²) in [6.45, 7) is 2.25. The maximum absolute atomic E-state index is 12.0. The molecule has 0 fully saturated rings. The first kappa shape index (κ1) is 19.9. The molecular weight excluding hydrogens is 378 g/mol. The third-order valence-electron chi connectivity index (χ3n) is 3.34. The van der Waals surface area contributed by atoms with E-state index in [9.17, 15) is 18.0 Å². The van der Waals surface area contributed by atoms with Crippen molar-refractivity contribution in [3.63, 3.8) is 0 Å². The molecule has 2 aromatic rings. The summed E-state index contributed by atoms with van der Waals surface area (Å²) in [7, 11) is -3.55. The lowest BCUT2D eigenvalue weighted by Crippen LogP contribution is -2.39. The largest absolute Gasteiger partial charge is 0.478 e. The lowest BCUT2D eigenvalue weighted by atomic mass is 10.1. The number of aryl methyl sites for hydroxylation is 1. The van der Waals surface area contributed by atoms with Crippen LogP contribution < -0.4 is 15.4 Å². The Hall–Kier alpha value is -2.43. The predicted molar refractivity (Wildman–Crippen MR) is 97.9 cm³/mol. The van der Waals surface area contributed by atoms with Gasteiger partial charge in [0.05, 0.1) is 5.56 Å². The van der Waals surface area contributed by atoms with Crippen molar-refractivity contribution in [1.82, 2.24) is 15.4 Å². The predicted octanol–water partition coefficient (Wildman–Crippen LogP) is 1.53.